The van der Waals surface area contributed by atoms with Gasteiger partial charge in [-0.15, -0.1) is 0 Å². The van der Waals surface area contributed by atoms with Gasteiger partial charge in [-0.2, -0.15) is 13.2 Å². The molecule has 4 N–H and O–H groups in total. The molecule has 1 aliphatic rings. The van der Waals surface area contributed by atoms with E-state index in [-0.39, 0.29) is 44.3 Å². The van der Waals surface area contributed by atoms with Gasteiger partial charge < -0.3 is 29.3 Å². The summed E-state index contributed by atoms with van der Waals surface area (Å²) in [6.45, 7) is 0.375. The third kappa shape index (κ3) is 9.89. The molecule has 2 heterocycles. The highest BCUT2D eigenvalue weighted by molar-refractivity contribution is 7.70. The fraction of sp³-hybridized carbons (Fsp3) is 0.722. The van der Waals surface area contributed by atoms with Crippen molar-refractivity contribution in [3.05, 3.63) is 43.0 Å². The van der Waals surface area contributed by atoms with E-state index in [9.17, 15) is 41.6 Å². The minimum atomic E-state index is -4.99. The summed E-state index contributed by atoms with van der Waals surface area (Å²) >= 11 is 0. The van der Waals surface area contributed by atoms with E-state index in [0.29, 0.717) is 0 Å². The molecule has 0 bridgehead atoms. The van der Waals surface area contributed by atoms with Gasteiger partial charge in [-0.1, -0.05) is 5.11 Å². The zero-order chi connectivity index (χ0) is 29.6. The topological polar surface area (TPSA) is 235 Å². The summed E-state index contributed by atoms with van der Waals surface area (Å²) in [7, 11) is -9.63. The van der Waals surface area contributed by atoms with Gasteiger partial charge in [0.2, 0.25) is 0 Å². The molecule has 1 saturated heterocycles. The SMILES string of the molecule is Cc1cn([C@@H]2C[C@H](N=[N+]=[N-])[C@@H](COP(=O)(O)CP(=O)(O)O)O2)c(=O)n(CCCCCNC(=O)C(F)(F)F)c1=O. The van der Waals surface area contributed by atoms with Crippen molar-refractivity contribution in [1.82, 2.24) is 14.5 Å². The number of amides is 1. The molecule has 1 unspecified atom stereocenters. The molecule has 1 aromatic heterocycles. The van der Waals surface area contributed by atoms with Crippen molar-refractivity contribution in [1.29, 1.82) is 0 Å². The number of unbranched alkanes of at least 4 members (excludes halogenated alkanes) is 2. The molecule has 0 aliphatic carbocycles. The predicted octanol–water partition coefficient (Wildman–Crippen LogP) is 1.47. The van der Waals surface area contributed by atoms with E-state index in [2.05, 4.69) is 10.0 Å². The monoisotopic (exact) mass is 606 g/mol. The number of rotatable bonds is 13. The molecule has 1 aromatic rings. The molecule has 220 valence electrons. The Hall–Kier alpha value is -2.49. The van der Waals surface area contributed by atoms with E-state index in [1.807, 2.05) is 0 Å². The maximum atomic E-state index is 13.1. The Bertz CT molecular complexity index is 1310. The van der Waals surface area contributed by atoms with Crippen LogP contribution in [0.15, 0.2) is 20.9 Å². The molecule has 1 amide bonds. The van der Waals surface area contributed by atoms with Gasteiger partial charge in [0.25, 0.3) is 5.56 Å². The van der Waals surface area contributed by atoms with Gasteiger partial charge in [0, 0.05) is 36.2 Å². The number of alkyl halides is 3. The molecule has 16 nitrogen and oxygen atoms in total. The van der Waals surface area contributed by atoms with Crippen molar-refractivity contribution in [2.75, 3.05) is 19.1 Å². The van der Waals surface area contributed by atoms with Gasteiger partial charge >= 0.3 is 33.0 Å². The first-order chi connectivity index (χ1) is 17.9. The average molecular weight is 606 g/mol. The molecule has 21 heteroatoms. The third-order valence-electron chi connectivity index (χ3n) is 5.49. The Kier molecular flexibility index (Phi) is 11.1. The van der Waals surface area contributed by atoms with Crippen LogP contribution < -0.4 is 16.6 Å². The summed E-state index contributed by atoms with van der Waals surface area (Å²) in [5, 5.41) is 5.24. The smallest absolute Gasteiger partial charge is 0.352 e. The summed E-state index contributed by atoms with van der Waals surface area (Å²) < 4.78 is 71.9. The Balaban J connectivity index is 2.10. The number of azide groups is 1. The van der Waals surface area contributed by atoms with E-state index >= 15 is 0 Å². The van der Waals surface area contributed by atoms with Crippen molar-refractivity contribution < 1.29 is 51.0 Å². The van der Waals surface area contributed by atoms with Crippen molar-refractivity contribution in [3.8, 4) is 0 Å². The Morgan fingerprint density at radius 2 is 1.95 bits per heavy atom. The standard InChI is InChI=1S/C18H27F3N6O10P2/c1-11-8-27(17(30)26(15(11)28)6-4-2-3-5-23-16(29)18(19,20)21)14-7-12(24-25-22)13(37-14)9-36-39(34,35)10-38(31,32)33/h8,12-14H,2-7,9-10H2,1H3,(H,23,29)(H,34,35)(H2,31,32,33)/t12-,13+,14-/m0/s1. The van der Waals surface area contributed by atoms with Gasteiger partial charge in [0.05, 0.1) is 18.8 Å². The second-order valence-electron chi connectivity index (χ2n) is 8.65. The van der Waals surface area contributed by atoms with Crippen molar-refractivity contribution in [2.45, 2.75) is 63.7 Å². The minimum absolute atomic E-state index is 0.0956. The van der Waals surface area contributed by atoms with Crippen LogP contribution in [0.25, 0.3) is 10.4 Å². The van der Waals surface area contributed by atoms with Gasteiger partial charge in [-0.3, -0.25) is 27.9 Å². The summed E-state index contributed by atoms with van der Waals surface area (Å²) in [6.07, 6.45) is -5.52. The maximum Gasteiger partial charge on any atom is 0.471 e. The number of halogens is 3. The first-order valence-corrected chi connectivity index (χ1v) is 14.9. The first kappa shape index (κ1) is 32.7. The van der Waals surface area contributed by atoms with Gasteiger partial charge in [-0.05, 0) is 31.7 Å². The normalized spacial score (nSPS) is 21.3. The molecule has 4 atom stereocenters. The number of ether oxygens (including phenoxy) is 1. The number of aryl methyl sites for hydroxylation is 1. The average Bonchev–Trinajstić information content (AvgIpc) is 3.19. The number of carbonyl (C=O) groups is 1. The van der Waals surface area contributed by atoms with Gasteiger partial charge in [0.1, 0.15) is 6.23 Å². The molecular formula is C18H27F3N6O10P2. The lowest BCUT2D eigenvalue weighted by atomic mass is 10.1. The van der Waals surface area contributed by atoms with Crippen LogP contribution in [-0.2, 0) is 29.7 Å². The van der Waals surface area contributed by atoms with Gasteiger partial charge in [-0.25, -0.2) is 4.79 Å². The number of nitrogens with zero attached hydrogens (tertiary/aromatic N) is 5. The van der Waals surface area contributed by atoms with E-state index in [1.165, 1.54) is 13.1 Å². The second-order valence-corrected chi connectivity index (χ2v) is 12.6. The Morgan fingerprint density at radius 1 is 1.28 bits per heavy atom. The zero-order valence-electron chi connectivity index (χ0n) is 20.4. The third-order valence-corrected chi connectivity index (χ3v) is 8.94. The largest absolute Gasteiger partial charge is 0.471 e. The molecule has 2 rings (SSSR count). The minimum Gasteiger partial charge on any atom is -0.352 e. The van der Waals surface area contributed by atoms with E-state index < -0.39 is 69.4 Å². The molecule has 0 aromatic carbocycles. The van der Waals surface area contributed by atoms with Crippen LogP contribution >= 0.6 is 15.2 Å². The molecule has 39 heavy (non-hydrogen) atoms. The van der Waals surface area contributed by atoms with Crippen LogP contribution in [0.1, 0.15) is 37.5 Å². The Morgan fingerprint density at radius 3 is 2.54 bits per heavy atom. The number of aromatic nitrogens is 2. The lowest BCUT2D eigenvalue weighted by Crippen LogP contribution is -2.42. The highest BCUT2D eigenvalue weighted by atomic mass is 31.2. The fourth-order valence-corrected chi connectivity index (χ4v) is 6.29. The number of hydrogen-bond donors (Lipinski definition) is 4. The zero-order valence-corrected chi connectivity index (χ0v) is 22.2. The van der Waals surface area contributed by atoms with Crippen molar-refractivity contribution in [2.24, 2.45) is 5.11 Å². The van der Waals surface area contributed by atoms with Crippen molar-refractivity contribution >= 4 is 21.1 Å². The highest BCUT2D eigenvalue weighted by Gasteiger charge is 2.40. The van der Waals surface area contributed by atoms with Gasteiger partial charge in [0.15, 0.2) is 5.90 Å². The number of hydrogen-bond acceptors (Lipinski definition) is 8. The van der Waals surface area contributed by atoms with Crippen LogP contribution in [-0.4, -0.2) is 67.1 Å². The molecule has 1 aliphatic heterocycles. The number of carbonyl (C=O) groups excluding carboxylic acids is 1. The Labute approximate surface area is 218 Å². The predicted molar refractivity (Wildman–Crippen MR) is 127 cm³/mol. The number of nitrogens with one attached hydrogen (secondary N) is 1. The van der Waals surface area contributed by atoms with E-state index in [0.717, 1.165) is 9.13 Å². The highest BCUT2D eigenvalue weighted by Crippen LogP contribution is 2.55. The van der Waals surface area contributed by atoms with Crippen LogP contribution in [0.3, 0.4) is 0 Å². The summed E-state index contributed by atoms with van der Waals surface area (Å²) in [5.74, 6) is -3.51. The lowest BCUT2D eigenvalue weighted by Gasteiger charge is -2.20. The maximum absolute atomic E-state index is 13.1. The van der Waals surface area contributed by atoms with Crippen molar-refractivity contribution in [3.63, 3.8) is 0 Å². The van der Waals surface area contributed by atoms with Crippen LogP contribution in [0.5, 0.6) is 0 Å². The fourth-order valence-electron chi connectivity index (χ4n) is 3.72. The van der Waals surface area contributed by atoms with E-state index in [1.54, 1.807) is 5.32 Å². The first-order valence-electron chi connectivity index (χ1n) is 11.3. The molecular weight excluding hydrogens is 579 g/mol. The second kappa shape index (κ2) is 13.2. The molecule has 0 saturated carbocycles. The van der Waals surface area contributed by atoms with E-state index in [4.69, 9.17) is 24.6 Å². The van der Waals surface area contributed by atoms with Crippen LogP contribution in [0, 0.1) is 6.92 Å². The summed E-state index contributed by atoms with van der Waals surface area (Å²) in [5.41, 5.74) is 7.56. The summed E-state index contributed by atoms with van der Waals surface area (Å²) in [6, 6.07) is -1.01. The molecule has 0 radical (unpaired) electrons. The quantitative estimate of drug-likeness (QED) is 0.0829. The summed E-state index contributed by atoms with van der Waals surface area (Å²) in [4.78, 5) is 66.6. The van der Waals surface area contributed by atoms with Crippen LogP contribution in [0.2, 0.25) is 0 Å². The molecule has 0 spiro atoms. The molecule has 1 fully saturated rings. The van der Waals surface area contributed by atoms with Crippen LogP contribution in [0.4, 0.5) is 13.2 Å². The lowest BCUT2D eigenvalue weighted by molar-refractivity contribution is -0.173.